The van der Waals surface area contributed by atoms with Crippen LogP contribution in [-0.2, 0) is 19.6 Å². The van der Waals surface area contributed by atoms with Crippen LogP contribution in [0.3, 0.4) is 0 Å². The van der Waals surface area contributed by atoms with E-state index in [1.807, 2.05) is 0 Å². The molecular weight excluding hydrogens is 462 g/mol. The van der Waals surface area contributed by atoms with Crippen LogP contribution in [0.4, 0.5) is 5.69 Å². The van der Waals surface area contributed by atoms with Crippen LogP contribution >= 0.6 is 0 Å². The molecule has 0 aliphatic carbocycles. The molecule has 5 rings (SSSR count). The third-order valence-corrected chi connectivity index (χ3v) is 6.43. The van der Waals surface area contributed by atoms with Gasteiger partial charge in [-0.25, -0.2) is 13.6 Å². The molecule has 1 saturated heterocycles. The second kappa shape index (κ2) is 7.97. The van der Waals surface area contributed by atoms with Crippen molar-refractivity contribution in [2.75, 3.05) is 11.7 Å². The second-order valence-corrected chi connectivity index (χ2v) is 9.09. The van der Waals surface area contributed by atoms with E-state index in [0.717, 1.165) is 4.90 Å². The van der Waals surface area contributed by atoms with Crippen LogP contribution < -0.4 is 19.5 Å². The number of pyridine rings is 1. The average Bonchev–Trinajstić information content (AvgIpc) is 3.41. The van der Waals surface area contributed by atoms with Crippen LogP contribution in [0, 0.1) is 0 Å². The first-order valence-corrected chi connectivity index (χ1v) is 11.5. The van der Waals surface area contributed by atoms with Gasteiger partial charge < -0.3 is 14.6 Å². The van der Waals surface area contributed by atoms with Gasteiger partial charge in [0.25, 0.3) is 11.7 Å². The zero-order valence-electron chi connectivity index (χ0n) is 17.4. The Balaban J connectivity index is 1.67. The quantitative estimate of drug-likeness (QED) is 0.328. The van der Waals surface area contributed by atoms with Crippen LogP contribution in [0.1, 0.15) is 17.3 Å². The number of rotatable bonds is 4. The Morgan fingerprint density at radius 3 is 2.44 bits per heavy atom. The molecule has 0 saturated carbocycles. The van der Waals surface area contributed by atoms with Gasteiger partial charge in [-0.15, -0.1) is 0 Å². The summed E-state index contributed by atoms with van der Waals surface area (Å²) in [6.07, 6.45) is 1.50. The molecule has 10 nitrogen and oxygen atoms in total. The van der Waals surface area contributed by atoms with Gasteiger partial charge in [0.1, 0.15) is 11.8 Å². The molecule has 2 aliphatic heterocycles. The lowest BCUT2D eigenvalue weighted by Gasteiger charge is -2.24. The fourth-order valence-electron chi connectivity index (χ4n) is 3.91. The van der Waals surface area contributed by atoms with Gasteiger partial charge in [0.05, 0.1) is 16.2 Å². The zero-order valence-corrected chi connectivity index (χ0v) is 18.2. The molecule has 2 aliphatic rings. The number of Topliss-reactive ketones (excluding diaryl/α,β-unsaturated/α-hetero) is 1. The molecule has 0 radical (unpaired) electrons. The van der Waals surface area contributed by atoms with E-state index in [0.29, 0.717) is 17.2 Å². The zero-order chi connectivity index (χ0) is 24.0. The largest absolute Gasteiger partial charge is 0.507 e. The Bertz CT molecular complexity index is 1450. The fraction of sp³-hybridized carbons (Fsp3) is 0.0870. The highest BCUT2D eigenvalue weighted by atomic mass is 32.2. The Morgan fingerprint density at radius 2 is 1.76 bits per heavy atom. The number of nitrogens with zero attached hydrogens (tertiary/aromatic N) is 2. The lowest BCUT2D eigenvalue weighted by molar-refractivity contribution is -0.132. The van der Waals surface area contributed by atoms with Crippen molar-refractivity contribution in [2.45, 2.75) is 10.9 Å². The van der Waals surface area contributed by atoms with Gasteiger partial charge in [-0.2, -0.15) is 0 Å². The van der Waals surface area contributed by atoms with E-state index < -0.39 is 33.5 Å². The molecule has 3 N–H and O–H groups in total. The number of hydrogen-bond donors (Lipinski definition) is 2. The topological polar surface area (TPSA) is 149 Å². The molecule has 34 heavy (non-hydrogen) atoms. The summed E-state index contributed by atoms with van der Waals surface area (Å²) in [5.41, 5.74) is 0.653. The molecular formula is C23H17N3O7S. The number of ether oxygens (including phenoxy) is 2. The molecule has 3 aromatic rings. The molecule has 11 heteroatoms. The van der Waals surface area contributed by atoms with Gasteiger partial charge >= 0.3 is 0 Å². The van der Waals surface area contributed by atoms with Crippen molar-refractivity contribution in [3.05, 3.63) is 83.7 Å². The standard InChI is InChI=1S/C23H17N3O7S/c24-34(30,31)15-7-5-14(6-8-15)26-20(16-3-1-2-10-25-16)19(22(28)23(26)29)21(27)13-4-9-17-18(11-13)33-12-32-17/h1-11,20,27H,12H2,(H2,24,30,31)/b21-19-. The Kier molecular flexibility index (Phi) is 5.07. The normalized spacial score (nSPS) is 19.0. The average molecular weight is 479 g/mol. The van der Waals surface area contributed by atoms with Gasteiger partial charge in [0.15, 0.2) is 11.5 Å². The summed E-state index contributed by atoms with van der Waals surface area (Å²) in [6.45, 7) is 0.0341. The number of amides is 1. The number of carbonyl (C=O) groups is 2. The smallest absolute Gasteiger partial charge is 0.300 e. The highest BCUT2D eigenvalue weighted by Gasteiger charge is 2.47. The Labute approximate surface area is 193 Å². The van der Waals surface area contributed by atoms with Gasteiger partial charge in [0.2, 0.25) is 16.8 Å². The molecule has 172 valence electrons. The number of nitrogens with two attached hydrogens (primary N) is 1. The van der Waals surface area contributed by atoms with E-state index in [1.54, 1.807) is 30.3 Å². The summed E-state index contributed by atoms with van der Waals surface area (Å²) < 4.78 is 33.9. The van der Waals surface area contributed by atoms with Crippen LogP contribution in [0.25, 0.3) is 5.76 Å². The third kappa shape index (κ3) is 3.56. The van der Waals surface area contributed by atoms with Gasteiger partial charge in [-0.3, -0.25) is 19.5 Å². The van der Waals surface area contributed by atoms with Crippen LogP contribution in [0.2, 0.25) is 0 Å². The Hall–Kier alpha value is -4.22. The maximum atomic E-state index is 13.1. The van der Waals surface area contributed by atoms with Crippen LogP contribution in [-0.4, -0.2) is 37.0 Å². The molecule has 2 aromatic carbocycles. The predicted molar refractivity (Wildman–Crippen MR) is 119 cm³/mol. The number of sulfonamides is 1. The fourth-order valence-corrected chi connectivity index (χ4v) is 4.43. The Morgan fingerprint density at radius 1 is 1.03 bits per heavy atom. The lowest BCUT2D eigenvalue weighted by atomic mass is 9.98. The number of benzene rings is 2. The van der Waals surface area contributed by atoms with E-state index in [2.05, 4.69) is 4.98 Å². The molecule has 3 heterocycles. The summed E-state index contributed by atoms with van der Waals surface area (Å²) in [5, 5.41) is 16.3. The van der Waals surface area contributed by atoms with Crippen molar-refractivity contribution in [1.29, 1.82) is 0 Å². The van der Waals surface area contributed by atoms with Gasteiger partial charge in [-0.05, 0) is 54.6 Å². The minimum absolute atomic E-state index is 0.0341. The molecule has 0 bridgehead atoms. The number of aliphatic hydroxyl groups excluding tert-OH is 1. The third-order valence-electron chi connectivity index (χ3n) is 5.50. The highest BCUT2D eigenvalue weighted by Crippen LogP contribution is 2.43. The van der Waals surface area contributed by atoms with Crippen LogP contribution in [0.15, 0.2) is 77.3 Å². The van der Waals surface area contributed by atoms with Gasteiger partial charge in [-0.1, -0.05) is 6.07 Å². The number of hydrogen-bond acceptors (Lipinski definition) is 8. The van der Waals surface area contributed by atoms with E-state index in [4.69, 9.17) is 14.6 Å². The van der Waals surface area contributed by atoms with Crippen molar-refractivity contribution in [3.8, 4) is 11.5 Å². The number of anilines is 1. The first-order valence-electron chi connectivity index (χ1n) is 10.0. The van der Waals surface area contributed by atoms with E-state index in [1.165, 1.54) is 36.5 Å². The minimum Gasteiger partial charge on any atom is -0.507 e. The molecule has 1 unspecified atom stereocenters. The SMILES string of the molecule is NS(=O)(=O)c1ccc(N2C(=O)C(=O)/C(=C(\O)c3ccc4c(c3)OCO4)C2c2ccccn2)cc1. The summed E-state index contributed by atoms with van der Waals surface area (Å²) >= 11 is 0. The minimum atomic E-state index is -3.95. The predicted octanol–water partition coefficient (Wildman–Crippen LogP) is 2.08. The van der Waals surface area contributed by atoms with Gasteiger partial charge in [0, 0.05) is 17.4 Å². The van der Waals surface area contributed by atoms with Crippen molar-refractivity contribution >= 4 is 33.2 Å². The first-order chi connectivity index (χ1) is 16.3. The summed E-state index contributed by atoms with van der Waals surface area (Å²) in [5.74, 6) is -1.34. The number of carbonyl (C=O) groups excluding carboxylic acids is 2. The number of primary sulfonamides is 1. The molecule has 1 amide bonds. The molecule has 1 aromatic heterocycles. The van der Waals surface area contributed by atoms with Crippen molar-refractivity contribution < 1.29 is 32.6 Å². The summed E-state index contributed by atoms with van der Waals surface area (Å²) in [4.78, 5) is 31.6. The summed E-state index contributed by atoms with van der Waals surface area (Å²) in [6, 6.07) is 13.8. The second-order valence-electron chi connectivity index (χ2n) is 7.53. The number of ketones is 1. The lowest BCUT2D eigenvalue weighted by Crippen LogP contribution is -2.29. The molecule has 1 atom stereocenters. The number of aliphatic hydroxyl groups is 1. The molecule has 0 spiro atoms. The highest BCUT2D eigenvalue weighted by molar-refractivity contribution is 7.89. The van der Waals surface area contributed by atoms with Crippen molar-refractivity contribution in [2.24, 2.45) is 5.14 Å². The first kappa shape index (κ1) is 21.6. The maximum Gasteiger partial charge on any atom is 0.300 e. The van der Waals surface area contributed by atoms with Crippen molar-refractivity contribution in [3.63, 3.8) is 0 Å². The monoisotopic (exact) mass is 479 g/mol. The van der Waals surface area contributed by atoms with E-state index in [9.17, 15) is 23.1 Å². The number of fused-ring (bicyclic) bond motifs is 1. The van der Waals surface area contributed by atoms with E-state index >= 15 is 0 Å². The molecule has 1 fully saturated rings. The van der Waals surface area contributed by atoms with Crippen LogP contribution in [0.5, 0.6) is 11.5 Å². The maximum absolute atomic E-state index is 13.1. The summed E-state index contributed by atoms with van der Waals surface area (Å²) in [7, 11) is -3.95. The number of aromatic nitrogens is 1. The van der Waals surface area contributed by atoms with E-state index in [-0.39, 0.29) is 28.5 Å². The van der Waals surface area contributed by atoms with Crippen molar-refractivity contribution in [1.82, 2.24) is 4.98 Å².